The summed E-state index contributed by atoms with van der Waals surface area (Å²) in [6.07, 6.45) is 2.38. The molecule has 1 aromatic carbocycles. The normalized spacial score (nSPS) is 12.8. The number of nitrogens with one attached hydrogen (secondary N) is 1. The molecule has 0 aliphatic rings. The number of rotatable bonds is 6. The molecule has 0 fully saturated rings. The minimum atomic E-state index is -0.670. The lowest BCUT2D eigenvalue weighted by atomic mass is 10.2. The molecule has 8 nitrogen and oxygen atoms in total. The van der Waals surface area contributed by atoms with E-state index < -0.39 is 12.0 Å². The molecule has 3 aromatic rings. The van der Waals surface area contributed by atoms with Crippen molar-refractivity contribution in [2.45, 2.75) is 13.0 Å². The number of tetrazole rings is 1. The molecular weight excluding hydrogens is 322 g/mol. The highest BCUT2D eigenvalue weighted by molar-refractivity contribution is 6.18. The molecule has 0 bridgehead atoms. The molecule has 2 N–H and O–H groups in total. The van der Waals surface area contributed by atoms with E-state index in [-0.39, 0.29) is 12.2 Å². The fraction of sp³-hybridized carbons (Fsp3) is 0.176. The molecule has 2 aromatic heterocycles. The predicted molar refractivity (Wildman–Crippen MR) is 90.8 cm³/mol. The SMILES string of the molecule is CC(O)CNC(=O)/C(=C/c1ccco1)n1nnnc1-c1ccccc1. The molecule has 2 heterocycles. The zero-order chi connectivity index (χ0) is 17.6. The molecule has 1 atom stereocenters. The standard InChI is InChI=1S/C17H17N5O3/c1-12(23)11-18-17(24)15(10-14-8-5-9-25-14)22-16(19-20-21-22)13-6-3-2-4-7-13/h2-10,12,23H,11H2,1H3,(H,18,24)/b15-10-. The second kappa shape index (κ2) is 7.54. The number of nitrogens with zero attached hydrogens (tertiary/aromatic N) is 4. The van der Waals surface area contributed by atoms with Crippen LogP contribution in [-0.2, 0) is 4.79 Å². The number of benzene rings is 1. The third-order valence-corrected chi connectivity index (χ3v) is 3.34. The van der Waals surface area contributed by atoms with Crippen LogP contribution in [0.15, 0.2) is 53.1 Å². The van der Waals surface area contributed by atoms with Gasteiger partial charge in [0.25, 0.3) is 5.91 Å². The fourth-order valence-corrected chi connectivity index (χ4v) is 2.18. The Morgan fingerprint density at radius 1 is 1.32 bits per heavy atom. The summed E-state index contributed by atoms with van der Waals surface area (Å²) in [4.78, 5) is 12.6. The first kappa shape index (κ1) is 16.6. The van der Waals surface area contributed by atoms with Gasteiger partial charge in [0.15, 0.2) is 5.82 Å². The van der Waals surface area contributed by atoms with Crippen molar-refractivity contribution in [3.8, 4) is 11.4 Å². The van der Waals surface area contributed by atoms with Gasteiger partial charge in [0.05, 0.1) is 12.4 Å². The van der Waals surface area contributed by atoms with E-state index in [4.69, 9.17) is 4.42 Å². The topological polar surface area (TPSA) is 106 Å². The molecule has 1 unspecified atom stereocenters. The van der Waals surface area contributed by atoms with Crippen molar-refractivity contribution in [1.29, 1.82) is 0 Å². The second-order valence-corrected chi connectivity index (χ2v) is 5.38. The van der Waals surface area contributed by atoms with Gasteiger partial charge in [-0.2, -0.15) is 4.68 Å². The lowest BCUT2D eigenvalue weighted by Crippen LogP contribution is -2.32. The number of hydrogen-bond donors (Lipinski definition) is 2. The molecule has 25 heavy (non-hydrogen) atoms. The summed E-state index contributed by atoms with van der Waals surface area (Å²) >= 11 is 0. The molecule has 0 aliphatic heterocycles. The molecule has 0 radical (unpaired) electrons. The van der Waals surface area contributed by atoms with E-state index in [9.17, 15) is 9.90 Å². The van der Waals surface area contributed by atoms with Crippen LogP contribution in [0.3, 0.4) is 0 Å². The first-order valence-corrected chi connectivity index (χ1v) is 7.71. The Bertz CT molecular complexity index is 854. The van der Waals surface area contributed by atoms with Crippen molar-refractivity contribution in [1.82, 2.24) is 25.5 Å². The highest BCUT2D eigenvalue weighted by atomic mass is 16.3. The molecule has 8 heteroatoms. The molecule has 3 rings (SSSR count). The minimum absolute atomic E-state index is 0.108. The number of aliphatic hydroxyl groups excluding tert-OH is 1. The largest absolute Gasteiger partial charge is 0.465 e. The summed E-state index contributed by atoms with van der Waals surface area (Å²) in [7, 11) is 0. The first-order chi connectivity index (χ1) is 12.1. The third kappa shape index (κ3) is 3.99. The Hall–Kier alpha value is -3.26. The maximum atomic E-state index is 12.6. The minimum Gasteiger partial charge on any atom is -0.465 e. The van der Waals surface area contributed by atoms with E-state index in [1.165, 1.54) is 10.9 Å². The smallest absolute Gasteiger partial charge is 0.270 e. The number of aromatic nitrogens is 4. The lowest BCUT2D eigenvalue weighted by molar-refractivity contribution is -0.116. The Kier molecular flexibility index (Phi) is 5.00. The first-order valence-electron chi connectivity index (χ1n) is 7.71. The third-order valence-electron chi connectivity index (χ3n) is 3.34. The summed E-state index contributed by atoms with van der Waals surface area (Å²) in [6, 6.07) is 12.7. The van der Waals surface area contributed by atoms with Gasteiger partial charge >= 0.3 is 0 Å². The molecular formula is C17H17N5O3. The monoisotopic (exact) mass is 339 g/mol. The molecule has 0 saturated carbocycles. The Balaban J connectivity index is 2.01. The van der Waals surface area contributed by atoms with E-state index in [0.717, 1.165) is 5.56 Å². The van der Waals surface area contributed by atoms with E-state index in [1.54, 1.807) is 25.1 Å². The van der Waals surface area contributed by atoms with Crippen LogP contribution in [0.1, 0.15) is 12.7 Å². The van der Waals surface area contributed by atoms with E-state index in [0.29, 0.717) is 11.6 Å². The summed E-state index contributed by atoms with van der Waals surface area (Å²) in [5.41, 5.74) is 0.945. The van der Waals surface area contributed by atoms with Gasteiger partial charge in [-0.3, -0.25) is 4.79 Å². The fourth-order valence-electron chi connectivity index (χ4n) is 2.18. The highest BCUT2D eigenvalue weighted by Gasteiger charge is 2.19. The van der Waals surface area contributed by atoms with E-state index in [1.807, 2.05) is 30.3 Å². The van der Waals surface area contributed by atoms with Crippen LogP contribution in [0.5, 0.6) is 0 Å². The average Bonchev–Trinajstić information content (AvgIpc) is 3.29. The second-order valence-electron chi connectivity index (χ2n) is 5.38. The predicted octanol–water partition coefficient (Wildman–Crippen LogP) is 1.43. The van der Waals surface area contributed by atoms with Gasteiger partial charge in [-0.25, -0.2) is 0 Å². The molecule has 1 amide bonds. The van der Waals surface area contributed by atoms with E-state index >= 15 is 0 Å². The summed E-state index contributed by atoms with van der Waals surface area (Å²) in [5.74, 6) is 0.476. The van der Waals surface area contributed by atoms with Gasteiger partial charge < -0.3 is 14.8 Å². The van der Waals surface area contributed by atoms with Crippen LogP contribution in [0, 0.1) is 0 Å². The highest BCUT2D eigenvalue weighted by Crippen LogP contribution is 2.20. The van der Waals surface area contributed by atoms with Crippen molar-refractivity contribution in [3.05, 3.63) is 54.5 Å². The number of furan rings is 1. The van der Waals surface area contributed by atoms with Crippen molar-refractivity contribution in [2.24, 2.45) is 0 Å². The van der Waals surface area contributed by atoms with Crippen LogP contribution in [0.25, 0.3) is 23.2 Å². The van der Waals surface area contributed by atoms with Crippen molar-refractivity contribution in [2.75, 3.05) is 6.54 Å². The van der Waals surface area contributed by atoms with Crippen LogP contribution < -0.4 is 5.32 Å². The summed E-state index contributed by atoms with van der Waals surface area (Å²) < 4.78 is 6.64. The van der Waals surface area contributed by atoms with Gasteiger partial charge in [-0.15, -0.1) is 5.10 Å². The molecule has 0 aliphatic carbocycles. The maximum absolute atomic E-state index is 12.6. The number of carbonyl (C=O) groups is 1. The summed E-state index contributed by atoms with van der Waals surface area (Å²) in [5, 5.41) is 23.7. The molecule has 128 valence electrons. The molecule has 0 spiro atoms. The molecule has 0 saturated heterocycles. The zero-order valence-corrected chi connectivity index (χ0v) is 13.5. The average molecular weight is 339 g/mol. The van der Waals surface area contributed by atoms with Crippen molar-refractivity contribution < 1.29 is 14.3 Å². The Morgan fingerprint density at radius 2 is 2.12 bits per heavy atom. The number of amides is 1. The van der Waals surface area contributed by atoms with Gasteiger partial charge in [-0.05, 0) is 29.5 Å². The van der Waals surface area contributed by atoms with Crippen molar-refractivity contribution in [3.63, 3.8) is 0 Å². The zero-order valence-electron chi connectivity index (χ0n) is 13.5. The summed E-state index contributed by atoms with van der Waals surface area (Å²) in [6.45, 7) is 1.69. The van der Waals surface area contributed by atoms with Crippen LogP contribution >= 0.6 is 0 Å². The maximum Gasteiger partial charge on any atom is 0.270 e. The van der Waals surface area contributed by atoms with Crippen LogP contribution in [-0.4, -0.2) is 43.9 Å². The van der Waals surface area contributed by atoms with E-state index in [2.05, 4.69) is 20.8 Å². The van der Waals surface area contributed by atoms with Gasteiger partial charge in [0.1, 0.15) is 11.5 Å². The van der Waals surface area contributed by atoms with Gasteiger partial charge in [0, 0.05) is 18.2 Å². The van der Waals surface area contributed by atoms with Crippen LogP contribution in [0.2, 0.25) is 0 Å². The lowest BCUT2D eigenvalue weighted by Gasteiger charge is -2.11. The number of aliphatic hydroxyl groups is 1. The van der Waals surface area contributed by atoms with Gasteiger partial charge in [-0.1, -0.05) is 30.3 Å². The van der Waals surface area contributed by atoms with Gasteiger partial charge in [0.2, 0.25) is 0 Å². The quantitative estimate of drug-likeness (QED) is 0.658. The Morgan fingerprint density at radius 3 is 2.80 bits per heavy atom. The van der Waals surface area contributed by atoms with Crippen molar-refractivity contribution >= 4 is 17.7 Å². The number of hydrogen-bond acceptors (Lipinski definition) is 6. The van der Waals surface area contributed by atoms with Crippen LogP contribution in [0.4, 0.5) is 0 Å². The number of carbonyl (C=O) groups excluding carboxylic acids is 1. The Labute approximate surface area is 143 Å².